The van der Waals surface area contributed by atoms with Crippen LogP contribution in [-0.4, -0.2) is 33.6 Å². The third-order valence-electron chi connectivity index (χ3n) is 4.54. The predicted molar refractivity (Wildman–Crippen MR) is 94.6 cm³/mol. The van der Waals surface area contributed by atoms with E-state index in [0.717, 1.165) is 41.9 Å². The highest BCUT2D eigenvalue weighted by molar-refractivity contribution is 7.13. The summed E-state index contributed by atoms with van der Waals surface area (Å²) in [7, 11) is 0. The van der Waals surface area contributed by atoms with Crippen LogP contribution < -0.4 is 5.32 Å². The predicted octanol–water partition coefficient (Wildman–Crippen LogP) is 2.81. The summed E-state index contributed by atoms with van der Waals surface area (Å²) in [5.74, 6) is 0.168. The van der Waals surface area contributed by atoms with Gasteiger partial charge in [0.05, 0.1) is 12.1 Å². The molecule has 24 heavy (non-hydrogen) atoms. The minimum atomic E-state index is -0.0108. The summed E-state index contributed by atoms with van der Waals surface area (Å²) in [4.78, 5) is 21.0. The minimum absolute atomic E-state index is 0.0108. The number of carbonyl (C=O) groups is 1. The van der Waals surface area contributed by atoms with E-state index in [0.29, 0.717) is 0 Å². The molecule has 2 unspecified atom stereocenters. The van der Waals surface area contributed by atoms with E-state index in [2.05, 4.69) is 15.3 Å². The zero-order valence-corrected chi connectivity index (χ0v) is 14.5. The third kappa shape index (κ3) is 4.39. The van der Waals surface area contributed by atoms with E-state index in [1.165, 1.54) is 17.8 Å². The molecule has 0 spiro atoms. The lowest BCUT2D eigenvalue weighted by Gasteiger charge is -2.24. The van der Waals surface area contributed by atoms with Crippen molar-refractivity contribution in [2.45, 2.75) is 44.6 Å². The maximum absolute atomic E-state index is 12.4. The van der Waals surface area contributed by atoms with Gasteiger partial charge < -0.3 is 10.4 Å². The second-order valence-electron chi connectivity index (χ2n) is 6.32. The number of carbonyl (C=O) groups excluding carboxylic acids is 1. The Morgan fingerprint density at radius 3 is 3.00 bits per heavy atom. The Hall–Kier alpha value is -1.79. The Balaban J connectivity index is 1.59. The summed E-state index contributed by atoms with van der Waals surface area (Å²) in [5.41, 5.74) is 1.75. The number of nitrogens with zero attached hydrogens (tertiary/aromatic N) is 2. The molecule has 0 saturated heterocycles. The lowest BCUT2D eigenvalue weighted by molar-refractivity contribution is -0.121. The second-order valence-corrected chi connectivity index (χ2v) is 7.18. The second kappa shape index (κ2) is 8.35. The normalized spacial score (nSPS) is 21.2. The molecule has 2 aromatic rings. The molecule has 2 aromatic heterocycles. The lowest BCUT2D eigenvalue weighted by Crippen LogP contribution is -2.41. The molecule has 1 aliphatic carbocycles. The van der Waals surface area contributed by atoms with Crippen LogP contribution in [-0.2, 0) is 11.2 Å². The fourth-order valence-corrected chi connectivity index (χ4v) is 4.04. The summed E-state index contributed by atoms with van der Waals surface area (Å²) in [6, 6.07) is 3.93. The average Bonchev–Trinajstić information content (AvgIpc) is 2.95. The van der Waals surface area contributed by atoms with E-state index in [-0.39, 0.29) is 30.9 Å². The molecule has 0 aliphatic heterocycles. The van der Waals surface area contributed by atoms with Crippen LogP contribution in [0.5, 0.6) is 0 Å². The van der Waals surface area contributed by atoms with Crippen molar-refractivity contribution < 1.29 is 9.90 Å². The molecule has 1 saturated carbocycles. The highest BCUT2D eigenvalue weighted by Gasteiger charge is 2.24. The van der Waals surface area contributed by atoms with Gasteiger partial charge >= 0.3 is 0 Å². The molecule has 0 aromatic carbocycles. The summed E-state index contributed by atoms with van der Waals surface area (Å²) in [5, 5.41) is 15.5. The molecule has 2 atom stereocenters. The lowest BCUT2D eigenvalue weighted by atomic mass is 9.95. The van der Waals surface area contributed by atoms with Gasteiger partial charge in [-0.25, -0.2) is 4.98 Å². The maximum atomic E-state index is 12.4. The van der Waals surface area contributed by atoms with Crippen LogP contribution >= 0.6 is 11.3 Å². The topological polar surface area (TPSA) is 75.1 Å². The van der Waals surface area contributed by atoms with Gasteiger partial charge in [0.1, 0.15) is 5.01 Å². The Labute approximate surface area is 146 Å². The number of hydrogen-bond donors (Lipinski definition) is 2. The molecule has 0 radical (unpaired) electrons. The highest BCUT2D eigenvalue weighted by Crippen LogP contribution is 2.24. The van der Waals surface area contributed by atoms with Crippen LogP contribution in [0.3, 0.4) is 0 Å². The number of amides is 1. The van der Waals surface area contributed by atoms with Crippen molar-refractivity contribution in [2.24, 2.45) is 5.92 Å². The molecule has 6 heteroatoms. The Kier molecular flexibility index (Phi) is 5.93. The van der Waals surface area contributed by atoms with Gasteiger partial charge in [0, 0.05) is 41.9 Å². The highest BCUT2D eigenvalue weighted by atomic mass is 32.1. The third-order valence-corrected chi connectivity index (χ3v) is 5.48. The smallest absolute Gasteiger partial charge is 0.226 e. The summed E-state index contributed by atoms with van der Waals surface area (Å²) in [6.45, 7) is 0.146. The largest absolute Gasteiger partial charge is 0.396 e. The van der Waals surface area contributed by atoms with Gasteiger partial charge in [-0.15, -0.1) is 11.3 Å². The number of aromatic nitrogens is 2. The maximum Gasteiger partial charge on any atom is 0.226 e. The van der Waals surface area contributed by atoms with E-state index >= 15 is 0 Å². The zero-order chi connectivity index (χ0) is 16.8. The van der Waals surface area contributed by atoms with Crippen molar-refractivity contribution in [3.05, 3.63) is 35.6 Å². The first-order valence-electron chi connectivity index (χ1n) is 8.51. The number of rotatable bonds is 5. The number of hydrogen-bond acceptors (Lipinski definition) is 5. The number of aliphatic hydroxyl groups excluding tert-OH is 1. The Morgan fingerprint density at radius 1 is 1.33 bits per heavy atom. The van der Waals surface area contributed by atoms with Crippen LogP contribution in [0.25, 0.3) is 10.6 Å². The molecular weight excluding hydrogens is 322 g/mol. The van der Waals surface area contributed by atoms with Gasteiger partial charge in [0.2, 0.25) is 5.91 Å². The van der Waals surface area contributed by atoms with Gasteiger partial charge in [-0.1, -0.05) is 19.3 Å². The van der Waals surface area contributed by atoms with E-state index in [4.69, 9.17) is 0 Å². The minimum Gasteiger partial charge on any atom is -0.396 e. The van der Waals surface area contributed by atoms with Crippen molar-refractivity contribution in [1.29, 1.82) is 0 Å². The van der Waals surface area contributed by atoms with Gasteiger partial charge in [0.25, 0.3) is 0 Å². The first kappa shape index (κ1) is 17.0. The van der Waals surface area contributed by atoms with Crippen molar-refractivity contribution in [3.8, 4) is 10.6 Å². The number of aliphatic hydroxyl groups is 1. The van der Waals surface area contributed by atoms with E-state index in [9.17, 15) is 9.90 Å². The first-order chi connectivity index (χ1) is 11.8. The SMILES string of the molecule is O=C(Cc1csc(-c2cccnc2)n1)NC1CCCCCC1CO. The molecule has 5 nitrogen and oxygen atoms in total. The van der Waals surface area contributed by atoms with Crippen LogP contribution in [0.2, 0.25) is 0 Å². The van der Waals surface area contributed by atoms with Crippen LogP contribution in [0.15, 0.2) is 29.9 Å². The molecule has 2 N–H and O–H groups in total. The number of thiazole rings is 1. The fourth-order valence-electron chi connectivity index (χ4n) is 3.23. The van der Waals surface area contributed by atoms with Crippen LogP contribution in [0.4, 0.5) is 0 Å². The van der Waals surface area contributed by atoms with Gasteiger partial charge in [-0.05, 0) is 25.0 Å². The van der Waals surface area contributed by atoms with Crippen molar-refractivity contribution in [1.82, 2.24) is 15.3 Å². The van der Waals surface area contributed by atoms with E-state index < -0.39 is 0 Å². The molecule has 3 rings (SSSR count). The average molecular weight is 345 g/mol. The van der Waals surface area contributed by atoms with Gasteiger partial charge in [0.15, 0.2) is 0 Å². The zero-order valence-electron chi connectivity index (χ0n) is 13.6. The van der Waals surface area contributed by atoms with Crippen molar-refractivity contribution >= 4 is 17.2 Å². The quantitative estimate of drug-likeness (QED) is 0.817. The molecule has 1 amide bonds. The molecule has 1 fully saturated rings. The first-order valence-corrected chi connectivity index (χ1v) is 9.39. The number of nitrogens with one attached hydrogen (secondary N) is 1. The monoisotopic (exact) mass is 345 g/mol. The molecule has 0 bridgehead atoms. The number of pyridine rings is 1. The van der Waals surface area contributed by atoms with Crippen molar-refractivity contribution in [2.75, 3.05) is 6.61 Å². The van der Waals surface area contributed by atoms with E-state index in [1.54, 1.807) is 12.4 Å². The molecule has 128 valence electrons. The van der Waals surface area contributed by atoms with Crippen LogP contribution in [0, 0.1) is 5.92 Å². The molecule has 1 aliphatic rings. The summed E-state index contributed by atoms with van der Waals surface area (Å²) >= 11 is 1.53. The Bertz CT molecular complexity index is 659. The van der Waals surface area contributed by atoms with Crippen LogP contribution in [0.1, 0.15) is 37.8 Å². The van der Waals surface area contributed by atoms with Crippen molar-refractivity contribution in [3.63, 3.8) is 0 Å². The van der Waals surface area contributed by atoms with Gasteiger partial charge in [-0.2, -0.15) is 0 Å². The van der Waals surface area contributed by atoms with Gasteiger partial charge in [-0.3, -0.25) is 9.78 Å². The fraction of sp³-hybridized carbons (Fsp3) is 0.500. The molecule has 2 heterocycles. The van der Waals surface area contributed by atoms with E-state index in [1.807, 2.05) is 17.5 Å². The Morgan fingerprint density at radius 2 is 2.21 bits per heavy atom. The summed E-state index contributed by atoms with van der Waals surface area (Å²) < 4.78 is 0. The molecular formula is C18H23N3O2S. The summed E-state index contributed by atoms with van der Waals surface area (Å²) in [6.07, 6.45) is 9.17. The standard InChI is InChI=1S/C18H23N3O2S/c22-11-14-5-2-1-3-7-16(14)21-17(23)9-15-12-24-18(20-15)13-6-4-8-19-10-13/h4,6,8,10,12,14,16,22H,1-3,5,7,9,11H2,(H,21,23).